The highest BCUT2D eigenvalue weighted by Gasteiger charge is 2.13. The Morgan fingerprint density at radius 2 is 2.21 bits per heavy atom. The van der Waals surface area contributed by atoms with Gasteiger partial charge in [-0.25, -0.2) is 4.39 Å². The average molecular weight is 194 g/mol. The molecule has 1 aliphatic rings. The van der Waals surface area contributed by atoms with Gasteiger partial charge in [0, 0.05) is 20.1 Å². The van der Waals surface area contributed by atoms with Gasteiger partial charge >= 0.3 is 0 Å². The number of aryl methyl sites for hydroxylation is 1. The fraction of sp³-hybridized carbons (Fsp3) is 0.455. The van der Waals surface area contributed by atoms with E-state index in [4.69, 9.17) is 0 Å². The van der Waals surface area contributed by atoms with Gasteiger partial charge in [-0.1, -0.05) is 0 Å². The van der Waals surface area contributed by atoms with Crippen LogP contribution in [0.15, 0.2) is 12.1 Å². The van der Waals surface area contributed by atoms with Crippen LogP contribution in [-0.2, 0) is 0 Å². The summed E-state index contributed by atoms with van der Waals surface area (Å²) in [5.74, 6) is -0.126. The molecule has 76 valence electrons. The van der Waals surface area contributed by atoms with Crippen LogP contribution in [0.4, 0.5) is 15.8 Å². The van der Waals surface area contributed by atoms with Crippen molar-refractivity contribution in [1.82, 2.24) is 0 Å². The molecule has 0 spiro atoms. The highest BCUT2D eigenvalue weighted by Crippen LogP contribution is 2.29. The molecule has 0 radical (unpaired) electrons. The molecule has 0 aromatic heterocycles. The van der Waals surface area contributed by atoms with Crippen molar-refractivity contribution in [3.05, 3.63) is 23.5 Å². The van der Waals surface area contributed by atoms with E-state index in [0.717, 1.165) is 30.9 Å². The fourth-order valence-electron chi connectivity index (χ4n) is 1.79. The number of hydrogen-bond donors (Lipinski definition) is 1. The van der Waals surface area contributed by atoms with Crippen molar-refractivity contribution in [3.8, 4) is 0 Å². The van der Waals surface area contributed by atoms with Crippen molar-refractivity contribution in [1.29, 1.82) is 0 Å². The minimum Gasteiger partial charge on any atom is -0.383 e. The molecule has 0 unspecified atom stereocenters. The Morgan fingerprint density at radius 3 is 3.00 bits per heavy atom. The maximum atomic E-state index is 13.4. The van der Waals surface area contributed by atoms with Gasteiger partial charge in [-0.05, 0) is 31.0 Å². The lowest BCUT2D eigenvalue weighted by atomic mass is 10.1. The zero-order chi connectivity index (χ0) is 10.1. The van der Waals surface area contributed by atoms with Gasteiger partial charge in [-0.3, -0.25) is 0 Å². The van der Waals surface area contributed by atoms with Crippen LogP contribution in [-0.4, -0.2) is 20.1 Å². The highest BCUT2D eigenvalue weighted by molar-refractivity contribution is 5.71. The van der Waals surface area contributed by atoms with Crippen molar-refractivity contribution in [2.24, 2.45) is 0 Å². The van der Waals surface area contributed by atoms with Crippen molar-refractivity contribution in [2.75, 3.05) is 30.4 Å². The molecule has 14 heavy (non-hydrogen) atoms. The first-order valence-corrected chi connectivity index (χ1v) is 4.93. The Labute approximate surface area is 83.7 Å². The van der Waals surface area contributed by atoms with E-state index >= 15 is 0 Å². The molecule has 0 aliphatic carbocycles. The number of halogens is 1. The summed E-state index contributed by atoms with van der Waals surface area (Å²) in [6.07, 6.45) is 1.09. The first kappa shape index (κ1) is 9.31. The molecule has 1 aromatic rings. The molecule has 1 N–H and O–H groups in total. The van der Waals surface area contributed by atoms with Gasteiger partial charge in [0.25, 0.3) is 0 Å². The van der Waals surface area contributed by atoms with Gasteiger partial charge in [0.15, 0.2) is 0 Å². The lowest BCUT2D eigenvalue weighted by molar-refractivity contribution is 0.618. The van der Waals surface area contributed by atoms with E-state index in [-0.39, 0.29) is 5.82 Å². The predicted molar refractivity (Wildman–Crippen MR) is 57.5 cm³/mol. The molecule has 1 heterocycles. The van der Waals surface area contributed by atoms with Crippen LogP contribution in [0.1, 0.15) is 12.0 Å². The number of fused-ring (bicyclic) bond motifs is 1. The van der Waals surface area contributed by atoms with Crippen molar-refractivity contribution in [3.63, 3.8) is 0 Å². The summed E-state index contributed by atoms with van der Waals surface area (Å²) < 4.78 is 13.4. The summed E-state index contributed by atoms with van der Waals surface area (Å²) in [5.41, 5.74) is 2.71. The quantitative estimate of drug-likeness (QED) is 0.682. The van der Waals surface area contributed by atoms with Crippen LogP contribution in [0.3, 0.4) is 0 Å². The third-order valence-electron chi connectivity index (χ3n) is 2.67. The second-order valence-corrected chi connectivity index (χ2v) is 3.82. The number of hydrogen-bond acceptors (Lipinski definition) is 2. The topological polar surface area (TPSA) is 15.3 Å². The molecule has 0 bridgehead atoms. The Hall–Kier alpha value is -1.25. The maximum absolute atomic E-state index is 13.4. The molecule has 1 aliphatic heterocycles. The highest BCUT2D eigenvalue weighted by atomic mass is 19.1. The number of rotatable bonds is 0. The molecule has 0 saturated heterocycles. The SMILES string of the molecule is Cc1cc2c(cc1F)N(C)CCCN2. The summed E-state index contributed by atoms with van der Waals surface area (Å²) in [5, 5.41) is 3.32. The fourth-order valence-corrected chi connectivity index (χ4v) is 1.79. The van der Waals surface area contributed by atoms with Gasteiger partial charge in [-0.2, -0.15) is 0 Å². The van der Waals surface area contributed by atoms with E-state index in [1.54, 1.807) is 13.0 Å². The second-order valence-electron chi connectivity index (χ2n) is 3.82. The normalized spacial score (nSPS) is 15.8. The third-order valence-corrected chi connectivity index (χ3v) is 2.67. The van der Waals surface area contributed by atoms with E-state index in [9.17, 15) is 4.39 Å². The van der Waals surface area contributed by atoms with E-state index in [1.807, 2.05) is 13.1 Å². The molecule has 0 amide bonds. The van der Waals surface area contributed by atoms with E-state index in [2.05, 4.69) is 10.2 Å². The van der Waals surface area contributed by atoms with Crippen LogP contribution >= 0.6 is 0 Å². The molecule has 3 heteroatoms. The lowest BCUT2D eigenvalue weighted by Crippen LogP contribution is -2.17. The van der Waals surface area contributed by atoms with E-state index < -0.39 is 0 Å². The maximum Gasteiger partial charge on any atom is 0.128 e. The predicted octanol–water partition coefficient (Wildman–Crippen LogP) is 2.39. The van der Waals surface area contributed by atoms with Crippen molar-refractivity contribution in [2.45, 2.75) is 13.3 Å². The smallest absolute Gasteiger partial charge is 0.128 e. The zero-order valence-electron chi connectivity index (χ0n) is 8.60. The third kappa shape index (κ3) is 1.54. The number of benzene rings is 1. The summed E-state index contributed by atoms with van der Waals surface area (Å²) in [6, 6.07) is 3.50. The van der Waals surface area contributed by atoms with Gasteiger partial charge in [0.2, 0.25) is 0 Å². The molecular weight excluding hydrogens is 179 g/mol. The van der Waals surface area contributed by atoms with E-state index in [1.165, 1.54) is 0 Å². The second kappa shape index (κ2) is 3.48. The molecule has 1 aromatic carbocycles. The largest absolute Gasteiger partial charge is 0.383 e. The minimum atomic E-state index is -0.126. The Bertz CT molecular complexity index is 349. The number of nitrogens with zero attached hydrogens (tertiary/aromatic N) is 1. The standard InChI is InChI=1S/C11H15FN2/c1-8-6-10-11(7-9(8)12)14(2)5-3-4-13-10/h6-7,13H,3-5H2,1-2H3. The Kier molecular flexibility index (Phi) is 2.32. The first-order chi connectivity index (χ1) is 6.68. The summed E-state index contributed by atoms with van der Waals surface area (Å²) >= 11 is 0. The van der Waals surface area contributed by atoms with Gasteiger partial charge in [0.05, 0.1) is 11.4 Å². The van der Waals surface area contributed by atoms with Crippen LogP contribution in [0.5, 0.6) is 0 Å². The summed E-state index contributed by atoms with van der Waals surface area (Å²) in [4.78, 5) is 2.10. The van der Waals surface area contributed by atoms with Crippen LogP contribution < -0.4 is 10.2 Å². The van der Waals surface area contributed by atoms with Gasteiger partial charge in [-0.15, -0.1) is 0 Å². The zero-order valence-corrected chi connectivity index (χ0v) is 8.60. The van der Waals surface area contributed by atoms with Crippen molar-refractivity contribution >= 4 is 11.4 Å². The van der Waals surface area contributed by atoms with Gasteiger partial charge < -0.3 is 10.2 Å². The summed E-state index contributed by atoms with van der Waals surface area (Å²) in [6.45, 7) is 3.73. The molecular formula is C11H15FN2. The van der Waals surface area contributed by atoms with Crippen LogP contribution in [0.2, 0.25) is 0 Å². The lowest BCUT2D eigenvalue weighted by Gasteiger charge is -2.19. The molecule has 2 nitrogen and oxygen atoms in total. The van der Waals surface area contributed by atoms with Crippen molar-refractivity contribution < 1.29 is 4.39 Å². The monoisotopic (exact) mass is 194 g/mol. The molecule has 0 atom stereocenters. The average Bonchev–Trinajstić information content (AvgIpc) is 2.31. The number of nitrogens with one attached hydrogen (secondary N) is 1. The van der Waals surface area contributed by atoms with Crippen LogP contribution in [0, 0.1) is 12.7 Å². The first-order valence-electron chi connectivity index (χ1n) is 4.93. The molecule has 0 fully saturated rings. The number of anilines is 2. The van der Waals surface area contributed by atoms with E-state index in [0.29, 0.717) is 5.56 Å². The molecule has 2 rings (SSSR count). The Balaban J connectivity index is 2.49. The minimum absolute atomic E-state index is 0.126. The van der Waals surface area contributed by atoms with Gasteiger partial charge in [0.1, 0.15) is 5.82 Å². The van der Waals surface area contributed by atoms with Crippen LogP contribution in [0.25, 0.3) is 0 Å². The Morgan fingerprint density at radius 1 is 1.43 bits per heavy atom. The molecule has 0 saturated carbocycles. The summed E-state index contributed by atoms with van der Waals surface area (Å²) in [7, 11) is 2.00.